The van der Waals surface area contributed by atoms with Gasteiger partial charge < -0.3 is 0 Å². The van der Waals surface area contributed by atoms with Gasteiger partial charge in [0.15, 0.2) is 11.2 Å². The van der Waals surface area contributed by atoms with Gasteiger partial charge in [0, 0.05) is 12.1 Å². The third-order valence-corrected chi connectivity index (χ3v) is 5.01. The second-order valence-electron chi connectivity index (χ2n) is 6.38. The van der Waals surface area contributed by atoms with Crippen molar-refractivity contribution in [3.05, 3.63) is 55.7 Å². The molecule has 3 heterocycles. The van der Waals surface area contributed by atoms with E-state index in [9.17, 15) is 9.59 Å². The topological polar surface area (TPSA) is 86.2 Å². The van der Waals surface area contributed by atoms with E-state index in [1.54, 1.807) is 35.9 Å². The van der Waals surface area contributed by atoms with Crippen LogP contribution in [-0.2, 0) is 13.6 Å². The van der Waals surface area contributed by atoms with Crippen LogP contribution in [-0.4, -0.2) is 24.4 Å². The first-order chi connectivity index (χ1) is 12.4. The quantitative estimate of drug-likeness (QED) is 0.745. The van der Waals surface area contributed by atoms with E-state index in [2.05, 4.69) is 15.5 Å². The molecule has 1 aliphatic rings. The van der Waals surface area contributed by atoms with E-state index < -0.39 is 5.69 Å². The van der Waals surface area contributed by atoms with Gasteiger partial charge in [-0.3, -0.25) is 18.5 Å². The second kappa shape index (κ2) is 5.84. The molecule has 8 nitrogen and oxygen atoms in total. The lowest BCUT2D eigenvalue weighted by molar-refractivity contribution is 0.645. The molecule has 1 aliphatic heterocycles. The number of rotatable bonds is 2. The standard InChI is InChI=1S/C17H17ClN6O2/c1-9-10(2)24-13-14(19-16(24)21-20-9)22(3)17(26)23(15(13)25)8-11-4-6-12(18)7-5-11/h4-7,10H,8H2,1-3H3,(H,19,21)/t10-/m0/s1. The highest BCUT2D eigenvalue weighted by molar-refractivity contribution is 6.30. The van der Waals surface area contributed by atoms with Crippen LogP contribution < -0.4 is 16.7 Å². The number of anilines is 1. The zero-order valence-electron chi connectivity index (χ0n) is 14.5. The first-order valence-electron chi connectivity index (χ1n) is 8.15. The van der Waals surface area contributed by atoms with Crippen LogP contribution in [0.1, 0.15) is 25.5 Å². The van der Waals surface area contributed by atoms with Crippen molar-refractivity contribution in [3.63, 3.8) is 0 Å². The number of benzene rings is 1. The van der Waals surface area contributed by atoms with Gasteiger partial charge in [-0.05, 0) is 31.5 Å². The molecule has 0 spiro atoms. The molecule has 3 aromatic rings. The summed E-state index contributed by atoms with van der Waals surface area (Å²) in [4.78, 5) is 30.3. The molecule has 2 aromatic heterocycles. The normalized spacial score (nSPS) is 16.3. The van der Waals surface area contributed by atoms with E-state index in [1.165, 1.54) is 9.13 Å². The Morgan fingerprint density at radius 2 is 1.92 bits per heavy atom. The van der Waals surface area contributed by atoms with Crippen LogP contribution in [0.3, 0.4) is 0 Å². The zero-order chi connectivity index (χ0) is 18.6. The third-order valence-electron chi connectivity index (χ3n) is 4.75. The van der Waals surface area contributed by atoms with Gasteiger partial charge in [-0.2, -0.15) is 10.1 Å². The Morgan fingerprint density at radius 3 is 2.62 bits per heavy atom. The molecule has 0 saturated carbocycles. The minimum atomic E-state index is -0.418. The molecule has 0 unspecified atom stereocenters. The number of hydrazone groups is 1. The van der Waals surface area contributed by atoms with Crippen LogP contribution in [0, 0.1) is 0 Å². The van der Waals surface area contributed by atoms with Crippen molar-refractivity contribution in [2.75, 3.05) is 5.43 Å². The van der Waals surface area contributed by atoms with Crippen molar-refractivity contribution in [1.29, 1.82) is 0 Å². The summed E-state index contributed by atoms with van der Waals surface area (Å²) >= 11 is 5.91. The summed E-state index contributed by atoms with van der Waals surface area (Å²) in [5.41, 5.74) is 4.41. The number of aromatic nitrogens is 4. The monoisotopic (exact) mass is 372 g/mol. The fourth-order valence-corrected chi connectivity index (χ4v) is 3.25. The first kappa shape index (κ1) is 16.6. The molecule has 1 aromatic carbocycles. The SMILES string of the molecule is CC1=NNc2nc3c(c(=O)n(Cc4ccc(Cl)cc4)c(=O)n3C)n2[C@H]1C. The molecule has 26 heavy (non-hydrogen) atoms. The summed E-state index contributed by atoms with van der Waals surface area (Å²) in [5.74, 6) is 0.453. The van der Waals surface area contributed by atoms with Gasteiger partial charge in [-0.1, -0.05) is 23.7 Å². The maximum Gasteiger partial charge on any atom is 0.332 e. The number of fused-ring (bicyclic) bond motifs is 3. The van der Waals surface area contributed by atoms with Crippen molar-refractivity contribution in [3.8, 4) is 0 Å². The summed E-state index contributed by atoms with van der Waals surface area (Å²) in [6, 6.07) is 6.93. The van der Waals surface area contributed by atoms with E-state index in [0.29, 0.717) is 22.1 Å². The summed E-state index contributed by atoms with van der Waals surface area (Å²) in [5, 5.41) is 4.80. The lowest BCUT2D eigenvalue weighted by atomic mass is 10.2. The Bertz CT molecular complexity index is 1170. The van der Waals surface area contributed by atoms with Gasteiger partial charge in [-0.25, -0.2) is 10.2 Å². The van der Waals surface area contributed by atoms with Gasteiger partial charge in [-0.15, -0.1) is 0 Å². The first-order valence-corrected chi connectivity index (χ1v) is 8.52. The van der Waals surface area contributed by atoms with E-state index in [4.69, 9.17) is 11.6 Å². The molecule has 1 N–H and O–H groups in total. The maximum absolute atomic E-state index is 13.2. The average molecular weight is 373 g/mol. The summed E-state index contributed by atoms with van der Waals surface area (Å²) in [7, 11) is 1.61. The van der Waals surface area contributed by atoms with Crippen LogP contribution in [0.25, 0.3) is 11.2 Å². The highest BCUT2D eigenvalue weighted by Crippen LogP contribution is 2.25. The molecule has 0 fully saturated rings. The van der Waals surface area contributed by atoms with Gasteiger partial charge >= 0.3 is 5.69 Å². The highest BCUT2D eigenvalue weighted by atomic mass is 35.5. The number of imidazole rings is 1. The molecule has 9 heteroatoms. The van der Waals surface area contributed by atoms with E-state index in [1.807, 2.05) is 13.8 Å². The molecule has 0 radical (unpaired) electrons. The average Bonchev–Trinajstić information content (AvgIpc) is 3.02. The smallest absolute Gasteiger partial charge is 0.294 e. The van der Waals surface area contributed by atoms with Crippen molar-refractivity contribution < 1.29 is 0 Å². The fourth-order valence-electron chi connectivity index (χ4n) is 3.13. The Labute approximate surface area is 153 Å². The maximum atomic E-state index is 13.2. The minimum Gasteiger partial charge on any atom is -0.294 e. The second-order valence-corrected chi connectivity index (χ2v) is 6.81. The Kier molecular flexibility index (Phi) is 3.73. The Morgan fingerprint density at radius 1 is 1.23 bits per heavy atom. The minimum absolute atomic E-state index is 0.134. The number of aryl methyl sites for hydroxylation is 1. The summed E-state index contributed by atoms with van der Waals surface area (Å²) in [6.07, 6.45) is 0. The molecular weight excluding hydrogens is 356 g/mol. The molecule has 134 valence electrons. The summed E-state index contributed by atoms with van der Waals surface area (Å²) < 4.78 is 4.40. The predicted octanol–water partition coefficient (Wildman–Crippen LogP) is 1.96. The number of nitrogens with zero attached hydrogens (tertiary/aromatic N) is 5. The zero-order valence-corrected chi connectivity index (χ0v) is 15.3. The number of hydrogen-bond donors (Lipinski definition) is 1. The van der Waals surface area contributed by atoms with Crippen LogP contribution >= 0.6 is 11.6 Å². The number of nitrogens with one attached hydrogen (secondary N) is 1. The largest absolute Gasteiger partial charge is 0.332 e. The third kappa shape index (κ3) is 2.37. The molecule has 1 atom stereocenters. The van der Waals surface area contributed by atoms with Crippen molar-refractivity contribution in [2.24, 2.45) is 12.1 Å². The molecule has 4 rings (SSSR count). The molecular formula is C17H17ClN6O2. The van der Waals surface area contributed by atoms with Crippen LogP contribution in [0.4, 0.5) is 5.95 Å². The highest BCUT2D eigenvalue weighted by Gasteiger charge is 2.26. The van der Waals surface area contributed by atoms with Crippen molar-refractivity contribution in [2.45, 2.75) is 26.4 Å². The fraction of sp³-hybridized carbons (Fsp3) is 0.294. The van der Waals surface area contributed by atoms with Crippen LogP contribution in [0.15, 0.2) is 39.0 Å². The van der Waals surface area contributed by atoms with Gasteiger partial charge in [0.1, 0.15) is 0 Å². The van der Waals surface area contributed by atoms with Crippen LogP contribution in [0.2, 0.25) is 5.02 Å². The van der Waals surface area contributed by atoms with Gasteiger partial charge in [0.25, 0.3) is 5.56 Å². The van der Waals surface area contributed by atoms with E-state index >= 15 is 0 Å². The van der Waals surface area contributed by atoms with Crippen LogP contribution in [0.5, 0.6) is 0 Å². The molecule has 0 bridgehead atoms. The van der Waals surface area contributed by atoms with E-state index in [-0.39, 0.29) is 18.1 Å². The number of halogens is 1. The predicted molar refractivity (Wildman–Crippen MR) is 101 cm³/mol. The van der Waals surface area contributed by atoms with Crippen molar-refractivity contribution >= 4 is 34.4 Å². The van der Waals surface area contributed by atoms with Gasteiger partial charge in [0.05, 0.1) is 18.3 Å². The Balaban J connectivity index is 1.97. The van der Waals surface area contributed by atoms with E-state index in [0.717, 1.165) is 11.3 Å². The summed E-state index contributed by atoms with van der Waals surface area (Å²) in [6.45, 7) is 3.98. The lowest BCUT2D eigenvalue weighted by Crippen LogP contribution is -2.40. The number of hydrogen-bond acceptors (Lipinski definition) is 5. The van der Waals surface area contributed by atoms with Crippen molar-refractivity contribution in [1.82, 2.24) is 18.7 Å². The van der Waals surface area contributed by atoms with Gasteiger partial charge in [0.2, 0.25) is 5.95 Å². The molecule has 0 saturated heterocycles. The Hall–Kier alpha value is -2.87. The lowest BCUT2D eigenvalue weighted by Gasteiger charge is -2.21. The molecule has 0 aliphatic carbocycles. The molecule has 0 amide bonds.